The molecular formula is C30H60NO8P. The number of amides is 1. The molecule has 1 amide bonds. The van der Waals surface area contributed by atoms with Gasteiger partial charge in [0.15, 0.2) is 0 Å². The first-order valence-corrected chi connectivity index (χ1v) is 17.5. The van der Waals surface area contributed by atoms with Crippen molar-refractivity contribution in [3.63, 3.8) is 0 Å². The van der Waals surface area contributed by atoms with Crippen molar-refractivity contribution < 1.29 is 37.9 Å². The summed E-state index contributed by atoms with van der Waals surface area (Å²) in [5.74, 6) is -0.690. The smallest absolute Gasteiger partial charge is 0.463 e. The van der Waals surface area contributed by atoms with Crippen LogP contribution in [0.2, 0.25) is 0 Å². The molecule has 0 aromatic carbocycles. The monoisotopic (exact) mass is 593 g/mol. The van der Waals surface area contributed by atoms with E-state index in [2.05, 4.69) is 21.3 Å². The quantitative estimate of drug-likeness (QED) is 0.0447. The van der Waals surface area contributed by atoms with Crippen LogP contribution >= 0.6 is 7.82 Å². The maximum Gasteiger partial charge on any atom is 0.472 e. The van der Waals surface area contributed by atoms with Crippen LogP contribution in [-0.2, 0) is 27.9 Å². The summed E-state index contributed by atoms with van der Waals surface area (Å²) in [6, 6.07) is 0. The van der Waals surface area contributed by atoms with Crippen molar-refractivity contribution in [1.29, 1.82) is 0 Å². The van der Waals surface area contributed by atoms with Crippen molar-refractivity contribution in [2.24, 2.45) is 0 Å². The number of hydrogen-bond acceptors (Lipinski definition) is 7. The first kappa shape index (κ1) is 39.0. The van der Waals surface area contributed by atoms with Gasteiger partial charge in [-0.1, -0.05) is 129 Å². The van der Waals surface area contributed by atoms with Gasteiger partial charge in [0.2, 0.25) is 5.91 Å². The van der Waals surface area contributed by atoms with Gasteiger partial charge in [0.25, 0.3) is 0 Å². The van der Waals surface area contributed by atoms with Gasteiger partial charge in [-0.2, -0.15) is 0 Å². The number of hydrogen-bond donors (Lipinski definition) is 3. The molecule has 40 heavy (non-hydrogen) atoms. The van der Waals surface area contributed by atoms with Crippen LogP contribution in [0.15, 0.2) is 0 Å². The highest BCUT2D eigenvalue weighted by molar-refractivity contribution is 7.47. The predicted octanol–water partition coefficient (Wildman–Crippen LogP) is 7.37. The van der Waals surface area contributed by atoms with Gasteiger partial charge in [0.05, 0.1) is 13.2 Å². The van der Waals surface area contributed by atoms with Crippen molar-refractivity contribution in [3.8, 4) is 0 Å². The molecule has 3 N–H and O–H groups in total. The molecule has 0 spiro atoms. The first-order chi connectivity index (χ1) is 19.3. The molecule has 10 heteroatoms. The van der Waals surface area contributed by atoms with Gasteiger partial charge in [-0.05, 0) is 6.42 Å². The van der Waals surface area contributed by atoms with E-state index in [-0.39, 0.29) is 32.1 Å². The largest absolute Gasteiger partial charge is 0.472 e. The van der Waals surface area contributed by atoms with Gasteiger partial charge in [0, 0.05) is 19.9 Å². The fourth-order valence-corrected chi connectivity index (χ4v) is 5.20. The molecule has 0 aliphatic heterocycles. The van der Waals surface area contributed by atoms with Crippen LogP contribution in [0.3, 0.4) is 0 Å². The molecule has 0 bridgehead atoms. The van der Waals surface area contributed by atoms with Crippen LogP contribution in [0.5, 0.6) is 0 Å². The fourth-order valence-electron chi connectivity index (χ4n) is 4.44. The molecule has 0 aliphatic carbocycles. The maximum atomic E-state index is 11.8. The Balaban J connectivity index is 3.41. The zero-order valence-corrected chi connectivity index (χ0v) is 26.4. The lowest BCUT2D eigenvalue weighted by atomic mass is 10.0. The second kappa shape index (κ2) is 28.1. The highest BCUT2D eigenvalue weighted by Crippen LogP contribution is 2.42. The molecule has 0 aromatic rings. The number of aliphatic hydroxyl groups excluding tert-OH is 1. The van der Waals surface area contributed by atoms with Gasteiger partial charge in [0.1, 0.15) is 12.7 Å². The van der Waals surface area contributed by atoms with E-state index in [1.807, 2.05) is 0 Å². The standard InChI is InChI=1S/C30H60NO8P/c1-3-4-5-6-7-8-9-10-11-12-13-14-15-16-17-18-19-20-21-22-23-30(34)37-26-29(33)27-39-40(35,36)38-25-24-31-28(2)32/h29,33H,3-27H2,1-2H3,(H,31,32)(H,35,36). The number of phosphoric ester groups is 1. The Morgan fingerprint density at radius 3 is 1.55 bits per heavy atom. The van der Waals surface area contributed by atoms with Crippen LogP contribution in [0, 0.1) is 0 Å². The summed E-state index contributed by atoms with van der Waals surface area (Å²) in [5, 5.41) is 12.2. The minimum absolute atomic E-state index is 0.0585. The summed E-state index contributed by atoms with van der Waals surface area (Å²) >= 11 is 0. The van der Waals surface area contributed by atoms with Crippen LogP contribution in [0.1, 0.15) is 149 Å². The van der Waals surface area contributed by atoms with E-state index in [0.717, 1.165) is 19.3 Å². The Hall–Kier alpha value is -0.990. The zero-order valence-electron chi connectivity index (χ0n) is 25.5. The molecule has 0 radical (unpaired) electrons. The maximum absolute atomic E-state index is 11.8. The third-order valence-electron chi connectivity index (χ3n) is 6.83. The van der Waals surface area contributed by atoms with Crippen molar-refractivity contribution >= 4 is 19.7 Å². The van der Waals surface area contributed by atoms with E-state index in [9.17, 15) is 24.2 Å². The second-order valence-corrected chi connectivity index (χ2v) is 12.3. The molecule has 0 aliphatic rings. The van der Waals surface area contributed by atoms with Crippen LogP contribution < -0.4 is 5.32 Å². The average molecular weight is 594 g/mol. The van der Waals surface area contributed by atoms with E-state index in [1.165, 1.54) is 116 Å². The van der Waals surface area contributed by atoms with Crippen LogP contribution in [-0.4, -0.2) is 54.3 Å². The highest BCUT2D eigenvalue weighted by atomic mass is 31.2. The lowest BCUT2D eigenvalue weighted by Gasteiger charge is -2.15. The summed E-state index contributed by atoms with van der Waals surface area (Å²) in [4.78, 5) is 32.1. The number of unbranched alkanes of at least 4 members (excludes halogenated alkanes) is 19. The summed E-state index contributed by atoms with van der Waals surface area (Å²) in [6.45, 7) is 2.60. The molecule has 9 nitrogen and oxygen atoms in total. The number of ether oxygens (including phenoxy) is 1. The van der Waals surface area contributed by atoms with E-state index >= 15 is 0 Å². The second-order valence-electron chi connectivity index (χ2n) is 10.9. The molecule has 0 saturated heterocycles. The topological polar surface area (TPSA) is 131 Å². The summed E-state index contributed by atoms with van der Waals surface area (Å²) < 4.78 is 26.0. The molecular weight excluding hydrogens is 533 g/mol. The zero-order chi connectivity index (χ0) is 29.7. The van der Waals surface area contributed by atoms with E-state index in [4.69, 9.17) is 4.74 Å². The van der Waals surface area contributed by atoms with Crippen molar-refractivity contribution in [2.75, 3.05) is 26.4 Å². The van der Waals surface area contributed by atoms with Gasteiger partial charge in [-0.15, -0.1) is 0 Å². The van der Waals surface area contributed by atoms with Gasteiger partial charge in [-0.25, -0.2) is 4.57 Å². The van der Waals surface area contributed by atoms with E-state index in [1.54, 1.807) is 0 Å². The number of carbonyl (C=O) groups is 2. The van der Waals surface area contributed by atoms with Crippen molar-refractivity contribution in [1.82, 2.24) is 5.32 Å². The third kappa shape index (κ3) is 30.0. The molecule has 0 fully saturated rings. The summed E-state index contributed by atoms with van der Waals surface area (Å²) in [5.41, 5.74) is 0. The van der Waals surface area contributed by atoms with Crippen molar-refractivity contribution in [2.45, 2.75) is 155 Å². The van der Waals surface area contributed by atoms with E-state index in [0.29, 0.717) is 0 Å². The van der Waals surface area contributed by atoms with Gasteiger partial charge in [-0.3, -0.25) is 18.6 Å². The number of phosphoric acid groups is 1. The number of carbonyl (C=O) groups excluding carboxylic acids is 2. The molecule has 0 heterocycles. The summed E-state index contributed by atoms with van der Waals surface area (Å²) in [6.07, 6.45) is 25.1. The molecule has 0 saturated carbocycles. The van der Waals surface area contributed by atoms with Crippen LogP contribution in [0.25, 0.3) is 0 Å². The number of nitrogens with one attached hydrogen (secondary N) is 1. The molecule has 238 valence electrons. The average Bonchev–Trinajstić information content (AvgIpc) is 2.92. The predicted molar refractivity (Wildman–Crippen MR) is 160 cm³/mol. The minimum Gasteiger partial charge on any atom is -0.463 e. The Bertz CT molecular complexity index is 649. The van der Waals surface area contributed by atoms with Gasteiger partial charge < -0.3 is 20.1 Å². The fraction of sp³-hybridized carbons (Fsp3) is 0.933. The summed E-state index contributed by atoms with van der Waals surface area (Å²) in [7, 11) is -4.36. The number of esters is 1. The number of aliphatic hydroxyl groups is 1. The van der Waals surface area contributed by atoms with E-state index < -0.39 is 26.5 Å². The SMILES string of the molecule is CCCCCCCCCCCCCCCCCCCCCCC(=O)OCC(O)COP(=O)(O)OCCNC(C)=O. The molecule has 0 aromatic heterocycles. The Labute approximate surface area is 244 Å². The molecule has 2 atom stereocenters. The Morgan fingerprint density at radius 2 is 1.12 bits per heavy atom. The lowest BCUT2D eigenvalue weighted by molar-refractivity contribution is -0.147. The minimum atomic E-state index is -4.36. The molecule has 2 unspecified atom stereocenters. The first-order valence-electron chi connectivity index (χ1n) is 16.0. The molecule has 0 rings (SSSR count). The highest BCUT2D eigenvalue weighted by Gasteiger charge is 2.23. The Kier molecular flexibility index (Phi) is 27.4. The van der Waals surface area contributed by atoms with Crippen molar-refractivity contribution in [3.05, 3.63) is 0 Å². The number of rotatable bonds is 30. The lowest BCUT2D eigenvalue weighted by Crippen LogP contribution is -2.25. The van der Waals surface area contributed by atoms with Crippen LogP contribution in [0.4, 0.5) is 0 Å². The third-order valence-corrected chi connectivity index (χ3v) is 7.82. The normalized spacial score (nSPS) is 13.6. The Morgan fingerprint density at radius 1 is 0.700 bits per heavy atom. The van der Waals surface area contributed by atoms with Gasteiger partial charge >= 0.3 is 13.8 Å².